The molecule has 3 aromatic heterocycles. The van der Waals surface area contributed by atoms with Gasteiger partial charge < -0.3 is 10.1 Å². The summed E-state index contributed by atoms with van der Waals surface area (Å²) in [5.41, 5.74) is 2.49. The maximum atomic E-state index is 12.4. The molecule has 0 aliphatic heterocycles. The smallest absolute Gasteiger partial charge is 0.249 e. The van der Waals surface area contributed by atoms with E-state index in [4.69, 9.17) is 4.74 Å². The number of thiazole rings is 1. The number of aromatic nitrogens is 6. The highest BCUT2D eigenvalue weighted by Crippen LogP contribution is 2.29. The molecule has 0 spiro atoms. The minimum Gasteiger partial charge on any atom is -0.497 e. The molecule has 30 heavy (non-hydrogen) atoms. The van der Waals surface area contributed by atoms with Crippen LogP contribution in [0, 0.1) is 0 Å². The Hall–Kier alpha value is -3.92. The molecule has 2 aromatic carbocycles. The fourth-order valence-electron chi connectivity index (χ4n) is 3.01. The van der Waals surface area contributed by atoms with E-state index in [1.54, 1.807) is 13.3 Å². The number of carbonyl (C=O) groups is 1. The van der Waals surface area contributed by atoms with Crippen LogP contribution in [0.1, 0.15) is 0 Å². The van der Waals surface area contributed by atoms with Gasteiger partial charge in [-0.1, -0.05) is 17.4 Å². The van der Waals surface area contributed by atoms with Crippen molar-refractivity contribution in [1.82, 2.24) is 30.2 Å². The van der Waals surface area contributed by atoms with E-state index in [0.29, 0.717) is 11.0 Å². The number of hydrogen-bond donors (Lipinski definition) is 1. The van der Waals surface area contributed by atoms with Gasteiger partial charge in [-0.25, -0.2) is 4.98 Å². The van der Waals surface area contributed by atoms with Crippen LogP contribution < -0.4 is 10.1 Å². The van der Waals surface area contributed by atoms with Crippen molar-refractivity contribution in [2.75, 3.05) is 12.4 Å². The van der Waals surface area contributed by atoms with E-state index < -0.39 is 0 Å². The van der Waals surface area contributed by atoms with Gasteiger partial charge in [0.15, 0.2) is 5.13 Å². The van der Waals surface area contributed by atoms with Crippen molar-refractivity contribution in [3.05, 3.63) is 54.7 Å². The van der Waals surface area contributed by atoms with Crippen LogP contribution in [0.2, 0.25) is 0 Å². The summed E-state index contributed by atoms with van der Waals surface area (Å²) >= 11 is 1.37. The summed E-state index contributed by atoms with van der Waals surface area (Å²) in [5.74, 6) is 0.904. The zero-order valence-electron chi connectivity index (χ0n) is 15.8. The number of anilines is 1. The van der Waals surface area contributed by atoms with E-state index in [-0.39, 0.29) is 12.5 Å². The van der Waals surface area contributed by atoms with Crippen molar-refractivity contribution in [3.8, 4) is 17.1 Å². The highest BCUT2D eigenvalue weighted by molar-refractivity contribution is 7.22. The van der Waals surface area contributed by atoms with Crippen molar-refractivity contribution in [1.29, 1.82) is 0 Å². The van der Waals surface area contributed by atoms with Gasteiger partial charge in [-0.05, 0) is 47.7 Å². The summed E-state index contributed by atoms with van der Waals surface area (Å²) < 4.78 is 6.14. The third kappa shape index (κ3) is 3.55. The highest BCUT2D eigenvalue weighted by atomic mass is 32.1. The Kier molecular flexibility index (Phi) is 4.52. The quantitative estimate of drug-likeness (QED) is 0.468. The Morgan fingerprint density at radius 3 is 2.97 bits per heavy atom. The van der Waals surface area contributed by atoms with E-state index in [9.17, 15) is 4.79 Å². The molecule has 0 aliphatic carbocycles. The average Bonchev–Trinajstić information content (AvgIpc) is 3.39. The summed E-state index contributed by atoms with van der Waals surface area (Å²) in [6.07, 6.45) is 1.75. The summed E-state index contributed by atoms with van der Waals surface area (Å²) in [6.45, 7) is -0.0681. The number of benzene rings is 2. The summed E-state index contributed by atoms with van der Waals surface area (Å²) in [4.78, 5) is 22.4. The van der Waals surface area contributed by atoms with Gasteiger partial charge in [-0.3, -0.25) is 9.78 Å². The third-order valence-electron chi connectivity index (χ3n) is 4.44. The molecule has 148 valence electrons. The molecule has 3 heterocycles. The van der Waals surface area contributed by atoms with Gasteiger partial charge in [0.1, 0.15) is 12.3 Å². The molecule has 0 atom stereocenters. The standard InChI is InChI=1S/C20H15N7O2S/c1-29-14-5-7-16-17(10-14)30-20(22-16)23-18(28)11-27-25-19(24-26-27)13-4-6-15-12(9-13)3-2-8-21-15/h2-10H,11H2,1H3,(H,22,23,28). The Balaban J connectivity index is 1.30. The van der Waals surface area contributed by atoms with E-state index in [1.807, 2.05) is 48.5 Å². The minimum absolute atomic E-state index is 0.0681. The second kappa shape index (κ2) is 7.48. The zero-order chi connectivity index (χ0) is 20.5. The van der Waals surface area contributed by atoms with Crippen LogP contribution >= 0.6 is 11.3 Å². The number of tetrazole rings is 1. The van der Waals surface area contributed by atoms with Gasteiger partial charge in [0.25, 0.3) is 0 Å². The van der Waals surface area contributed by atoms with Gasteiger partial charge in [0, 0.05) is 17.1 Å². The van der Waals surface area contributed by atoms with Crippen LogP contribution in [-0.2, 0) is 11.3 Å². The maximum Gasteiger partial charge on any atom is 0.249 e. The molecule has 0 aliphatic rings. The van der Waals surface area contributed by atoms with Crippen molar-refractivity contribution >= 4 is 43.5 Å². The van der Waals surface area contributed by atoms with Crippen LogP contribution in [0.4, 0.5) is 5.13 Å². The summed E-state index contributed by atoms with van der Waals surface area (Å²) in [7, 11) is 1.61. The summed E-state index contributed by atoms with van der Waals surface area (Å²) in [6, 6.07) is 15.1. The van der Waals surface area contributed by atoms with Crippen molar-refractivity contribution in [2.45, 2.75) is 6.54 Å². The lowest BCUT2D eigenvalue weighted by molar-refractivity contribution is -0.117. The first-order valence-corrected chi connectivity index (χ1v) is 9.87. The lowest BCUT2D eigenvalue weighted by Gasteiger charge is -2.00. The SMILES string of the molecule is COc1ccc2nc(NC(=O)Cn3nnc(-c4ccc5ncccc5c4)n3)sc2c1. The third-order valence-corrected chi connectivity index (χ3v) is 5.37. The van der Waals surface area contributed by atoms with Crippen LogP contribution in [0.5, 0.6) is 5.75 Å². The molecule has 0 fully saturated rings. The second-order valence-corrected chi connectivity index (χ2v) is 7.49. The van der Waals surface area contributed by atoms with Gasteiger partial charge in [0.2, 0.25) is 11.7 Å². The minimum atomic E-state index is -0.285. The number of fused-ring (bicyclic) bond motifs is 2. The zero-order valence-corrected chi connectivity index (χ0v) is 16.6. The molecule has 0 saturated heterocycles. The monoisotopic (exact) mass is 417 g/mol. The van der Waals surface area contributed by atoms with E-state index in [2.05, 4.69) is 30.7 Å². The molecular formula is C20H15N7O2S. The van der Waals surface area contributed by atoms with Crippen LogP contribution in [0.3, 0.4) is 0 Å². The number of pyridine rings is 1. The van der Waals surface area contributed by atoms with Crippen LogP contribution in [-0.4, -0.2) is 43.2 Å². The molecule has 1 N–H and O–H groups in total. The Bertz CT molecular complexity index is 1380. The molecule has 9 nitrogen and oxygen atoms in total. The fraction of sp³-hybridized carbons (Fsp3) is 0.100. The predicted molar refractivity (Wildman–Crippen MR) is 113 cm³/mol. The van der Waals surface area contributed by atoms with Crippen LogP contribution in [0.25, 0.3) is 32.5 Å². The number of ether oxygens (including phenoxy) is 1. The Morgan fingerprint density at radius 1 is 1.17 bits per heavy atom. The lowest BCUT2D eigenvalue weighted by Crippen LogP contribution is -2.20. The number of carbonyl (C=O) groups excluding carboxylic acids is 1. The Morgan fingerprint density at radius 2 is 2.07 bits per heavy atom. The number of nitrogens with one attached hydrogen (secondary N) is 1. The molecule has 5 aromatic rings. The van der Waals surface area contributed by atoms with E-state index >= 15 is 0 Å². The molecule has 0 bridgehead atoms. The molecule has 5 rings (SSSR count). The molecular weight excluding hydrogens is 402 g/mol. The number of nitrogens with zero attached hydrogens (tertiary/aromatic N) is 6. The number of rotatable bonds is 5. The van der Waals surface area contributed by atoms with Gasteiger partial charge in [0.05, 0.1) is 22.8 Å². The van der Waals surface area contributed by atoms with Crippen molar-refractivity contribution < 1.29 is 9.53 Å². The van der Waals surface area contributed by atoms with Gasteiger partial charge in [-0.2, -0.15) is 4.80 Å². The molecule has 0 unspecified atom stereocenters. The van der Waals surface area contributed by atoms with E-state index in [0.717, 1.165) is 32.4 Å². The molecule has 1 amide bonds. The number of methoxy groups -OCH3 is 1. The maximum absolute atomic E-state index is 12.4. The molecule has 10 heteroatoms. The second-order valence-electron chi connectivity index (χ2n) is 6.46. The average molecular weight is 417 g/mol. The first kappa shape index (κ1) is 18.1. The van der Waals surface area contributed by atoms with Crippen LogP contribution in [0.15, 0.2) is 54.7 Å². The molecule has 0 saturated carbocycles. The lowest BCUT2D eigenvalue weighted by atomic mass is 10.1. The van der Waals surface area contributed by atoms with Crippen molar-refractivity contribution in [3.63, 3.8) is 0 Å². The van der Waals surface area contributed by atoms with Crippen molar-refractivity contribution in [2.24, 2.45) is 0 Å². The van der Waals surface area contributed by atoms with Gasteiger partial charge >= 0.3 is 0 Å². The summed E-state index contributed by atoms with van der Waals surface area (Å²) in [5, 5.41) is 16.6. The normalized spacial score (nSPS) is 11.1. The first-order valence-electron chi connectivity index (χ1n) is 9.05. The number of amides is 1. The topological polar surface area (TPSA) is 108 Å². The first-order chi connectivity index (χ1) is 14.7. The van der Waals surface area contributed by atoms with E-state index in [1.165, 1.54) is 16.1 Å². The number of hydrogen-bond acceptors (Lipinski definition) is 8. The fourth-order valence-corrected chi connectivity index (χ4v) is 3.92. The highest BCUT2D eigenvalue weighted by Gasteiger charge is 2.12. The molecule has 0 radical (unpaired) electrons. The largest absolute Gasteiger partial charge is 0.497 e. The Labute approximate surface area is 174 Å². The predicted octanol–water partition coefficient (Wildman–Crippen LogP) is 3.15. The van der Waals surface area contributed by atoms with Gasteiger partial charge in [-0.15, -0.1) is 10.2 Å².